The minimum absolute atomic E-state index is 0.355. The van der Waals surface area contributed by atoms with E-state index < -0.39 is 24.6 Å². The van der Waals surface area contributed by atoms with Crippen molar-refractivity contribution in [2.75, 3.05) is 26.7 Å². The van der Waals surface area contributed by atoms with Crippen molar-refractivity contribution >= 4 is 15.9 Å². The number of hydrogen-bond acceptors (Lipinski definition) is 5. The molecule has 1 fully saturated rings. The highest BCUT2D eigenvalue weighted by Crippen LogP contribution is 2.26. The quantitative estimate of drug-likeness (QED) is 0.745. The Labute approximate surface area is 97.8 Å². The molecule has 1 aliphatic heterocycles. The number of aliphatic hydroxyl groups excluding tert-OH is 1. The van der Waals surface area contributed by atoms with Gasteiger partial charge < -0.3 is 24.1 Å². The van der Waals surface area contributed by atoms with E-state index in [1.54, 1.807) is 0 Å². The second-order valence-electron chi connectivity index (χ2n) is 3.32. The van der Waals surface area contributed by atoms with Gasteiger partial charge in [0.05, 0.1) is 6.10 Å². The number of hydrogen-bond donors (Lipinski definition) is 1. The van der Waals surface area contributed by atoms with Crippen molar-refractivity contribution in [1.82, 2.24) is 0 Å². The normalized spacial score (nSPS) is 41.8. The van der Waals surface area contributed by atoms with Crippen molar-refractivity contribution in [3.63, 3.8) is 0 Å². The minimum Gasteiger partial charge on any atom is -0.388 e. The molecule has 15 heavy (non-hydrogen) atoms. The summed E-state index contributed by atoms with van der Waals surface area (Å²) in [6, 6.07) is 0. The summed E-state index contributed by atoms with van der Waals surface area (Å²) in [5, 5.41) is 10.4. The highest BCUT2D eigenvalue weighted by atomic mass is 79.9. The fraction of sp³-hybridized carbons (Fsp3) is 1.00. The standard InChI is InChI=1S/C9H17BrO5/c1-12-7-6(11)5(4-10)15-9(14-3)8(7)13-2/h5-9,11H,4H2,1-3H3/t5?,6-,7-,8?,9+/m0/s1. The van der Waals surface area contributed by atoms with Gasteiger partial charge in [-0.1, -0.05) is 15.9 Å². The van der Waals surface area contributed by atoms with E-state index in [-0.39, 0.29) is 6.10 Å². The maximum atomic E-state index is 9.93. The lowest BCUT2D eigenvalue weighted by molar-refractivity contribution is -0.294. The Morgan fingerprint density at radius 1 is 1.13 bits per heavy atom. The van der Waals surface area contributed by atoms with Gasteiger partial charge in [0.25, 0.3) is 0 Å². The molecule has 0 amide bonds. The first-order valence-electron chi connectivity index (χ1n) is 4.67. The number of methoxy groups -OCH3 is 3. The molecule has 0 aliphatic carbocycles. The van der Waals surface area contributed by atoms with E-state index in [0.717, 1.165) is 0 Å². The van der Waals surface area contributed by atoms with Gasteiger partial charge in [0, 0.05) is 26.7 Å². The monoisotopic (exact) mass is 284 g/mol. The number of alkyl halides is 1. The summed E-state index contributed by atoms with van der Waals surface area (Å²) in [6.07, 6.45) is -2.48. The van der Waals surface area contributed by atoms with Gasteiger partial charge in [-0.3, -0.25) is 0 Å². The maximum Gasteiger partial charge on any atom is 0.186 e. The summed E-state index contributed by atoms with van der Waals surface area (Å²) in [6.45, 7) is 0. The number of ether oxygens (including phenoxy) is 4. The Morgan fingerprint density at radius 2 is 1.73 bits per heavy atom. The zero-order chi connectivity index (χ0) is 11.4. The zero-order valence-corrected chi connectivity index (χ0v) is 10.6. The fourth-order valence-corrected chi connectivity index (χ4v) is 2.26. The first-order chi connectivity index (χ1) is 7.19. The molecule has 6 heteroatoms. The molecule has 5 nitrogen and oxygen atoms in total. The van der Waals surface area contributed by atoms with Crippen LogP contribution in [0.25, 0.3) is 0 Å². The van der Waals surface area contributed by atoms with Gasteiger partial charge in [-0.2, -0.15) is 0 Å². The van der Waals surface area contributed by atoms with Crippen molar-refractivity contribution in [2.24, 2.45) is 0 Å². The zero-order valence-electron chi connectivity index (χ0n) is 9.05. The average molecular weight is 285 g/mol. The molecule has 1 aliphatic rings. The first kappa shape index (κ1) is 13.3. The third-order valence-corrected chi connectivity index (χ3v) is 3.19. The van der Waals surface area contributed by atoms with E-state index in [2.05, 4.69) is 15.9 Å². The molecular weight excluding hydrogens is 268 g/mol. The van der Waals surface area contributed by atoms with Crippen molar-refractivity contribution in [3.05, 3.63) is 0 Å². The van der Waals surface area contributed by atoms with E-state index in [1.165, 1.54) is 21.3 Å². The second-order valence-corrected chi connectivity index (χ2v) is 3.97. The van der Waals surface area contributed by atoms with E-state index in [4.69, 9.17) is 18.9 Å². The predicted octanol–water partition coefficient (Wildman–Crippen LogP) is 0.143. The summed E-state index contributed by atoms with van der Waals surface area (Å²) in [5.41, 5.74) is 0. The third-order valence-electron chi connectivity index (χ3n) is 2.55. The summed E-state index contributed by atoms with van der Waals surface area (Å²) < 4.78 is 21.1. The lowest BCUT2D eigenvalue weighted by atomic mass is 9.99. The van der Waals surface area contributed by atoms with Gasteiger partial charge in [0.1, 0.15) is 18.3 Å². The van der Waals surface area contributed by atoms with Crippen molar-refractivity contribution < 1.29 is 24.1 Å². The largest absolute Gasteiger partial charge is 0.388 e. The smallest absolute Gasteiger partial charge is 0.186 e. The van der Waals surface area contributed by atoms with Crippen LogP contribution >= 0.6 is 15.9 Å². The van der Waals surface area contributed by atoms with Crippen LogP contribution in [0.15, 0.2) is 0 Å². The SMILES string of the molecule is COC1[C@H](OC)OC(CBr)[C@H](O)[C@@H]1OC. The molecule has 0 bridgehead atoms. The van der Waals surface area contributed by atoms with Crippen LogP contribution in [0.2, 0.25) is 0 Å². The first-order valence-corrected chi connectivity index (χ1v) is 5.79. The molecule has 0 spiro atoms. The Kier molecular flexibility index (Phi) is 5.45. The number of aliphatic hydroxyl groups is 1. The maximum absolute atomic E-state index is 9.93. The molecule has 0 aromatic carbocycles. The molecule has 0 saturated carbocycles. The second kappa shape index (κ2) is 6.12. The van der Waals surface area contributed by atoms with Gasteiger partial charge >= 0.3 is 0 Å². The summed E-state index contributed by atoms with van der Waals surface area (Å²) in [4.78, 5) is 0. The van der Waals surface area contributed by atoms with Crippen molar-refractivity contribution in [3.8, 4) is 0 Å². The molecule has 1 N–H and O–H groups in total. The lowest BCUT2D eigenvalue weighted by Gasteiger charge is -2.42. The van der Waals surface area contributed by atoms with E-state index in [0.29, 0.717) is 5.33 Å². The molecule has 90 valence electrons. The van der Waals surface area contributed by atoms with Gasteiger partial charge in [0.2, 0.25) is 0 Å². The molecule has 1 heterocycles. The van der Waals surface area contributed by atoms with Gasteiger partial charge in [-0.15, -0.1) is 0 Å². The summed E-state index contributed by atoms with van der Waals surface area (Å²) >= 11 is 3.27. The number of halogens is 1. The fourth-order valence-electron chi connectivity index (χ4n) is 1.73. The van der Waals surface area contributed by atoms with Crippen molar-refractivity contribution in [1.29, 1.82) is 0 Å². The van der Waals surface area contributed by atoms with Crippen LogP contribution in [0.4, 0.5) is 0 Å². The van der Waals surface area contributed by atoms with Crippen LogP contribution in [0.5, 0.6) is 0 Å². The molecule has 5 atom stereocenters. The highest BCUT2D eigenvalue weighted by Gasteiger charge is 2.45. The Balaban J connectivity index is 2.78. The lowest BCUT2D eigenvalue weighted by Crippen LogP contribution is -2.59. The number of rotatable bonds is 4. The molecule has 1 saturated heterocycles. The van der Waals surface area contributed by atoms with E-state index >= 15 is 0 Å². The topological polar surface area (TPSA) is 57.2 Å². The van der Waals surface area contributed by atoms with Crippen LogP contribution in [-0.4, -0.2) is 62.5 Å². The summed E-state index contributed by atoms with van der Waals surface area (Å²) in [7, 11) is 4.60. The molecule has 0 radical (unpaired) electrons. The Bertz CT molecular complexity index is 191. The van der Waals surface area contributed by atoms with Crippen LogP contribution in [0.3, 0.4) is 0 Å². The molecule has 0 aromatic rings. The van der Waals surface area contributed by atoms with Crippen LogP contribution in [0, 0.1) is 0 Å². The van der Waals surface area contributed by atoms with E-state index in [9.17, 15) is 5.11 Å². The Hall–Kier alpha value is 0.280. The average Bonchev–Trinajstić information content (AvgIpc) is 2.28. The molecule has 2 unspecified atom stereocenters. The molecular formula is C9H17BrO5. The van der Waals surface area contributed by atoms with Gasteiger partial charge in [0.15, 0.2) is 6.29 Å². The molecule has 0 aromatic heterocycles. The van der Waals surface area contributed by atoms with Gasteiger partial charge in [-0.25, -0.2) is 0 Å². The van der Waals surface area contributed by atoms with Crippen LogP contribution in [-0.2, 0) is 18.9 Å². The minimum atomic E-state index is -0.731. The van der Waals surface area contributed by atoms with E-state index in [1.807, 2.05) is 0 Å². The highest BCUT2D eigenvalue weighted by molar-refractivity contribution is 9.09. The van der Waals surface area contributed by atoms with Crippen molar-refractivity contribution in [2.45, 2.75) is 30.7 Å². The Morgan fingerprint density at radius 3 is 2.13 bits per heavy atom. The molecule has 1 rings (SSSR count). The summed E-state index contributed by atoms with van der Waals surface area (Å²) in [5.74, 6) is 0. The predicted molar refractivity (Wildman–Crippen MR) is 57.1 cm³/mol. The third kappa shape index (κ3) is 2.69. The van der Waals surface area contributed by atoms with Crippen LogP contribution in [0.1, 0.15) is 0 Å². The van der Waals surface area contributed by atoms with Crippen LogP contribution < -0.4 is 0 Å². The van der Waals surface area contributed by atoms with Gasteiger partial charge in [-0.05, 0) is 0 Å².